The number of allylic oxidation sites excluding steroid dienone is 8. The van der Waals surface area contributed by atoms with E-state index >= 15 is 0 Å². The molecular weight excluding hydrogens is 544 g/mol. The Balaban J connectivity index is 3.49. The molecule has 44 heavy (non-hydrogen) atoms. The van der Waals surface area contributed by atoms with Gasteiger partial charge >= 0.3 is 5.97 Å². The van der Waals surface area contributed by atoms with Gasteiger partial charge in [-0.2, -0.15) is 0 Å². The van der Waals surface area contributed by atoms with Crippen molar-refractivity contribution < 1.29 is 19.4 Å². The molecule has 0 amide bonds. The fraction of sp³-hybridized carbons (Fsp3) is 0.775. The van der Waals surface area contributed by atoms with Crippen LogP contribution < -0.4 is 0 Å². The van der Waals surface area contributed by atoms with Crippen LogP contribution in [0.4, 0.5) is 0 Å². The Morgan fingerprint density at radius 3 is 1.57 bits per heavy atom. The van der Waals surface area contributed by atoms with Gasteiger partial charge in [0.25, 0.3) is 0 Å². The first-order chi connectivity index (χ1) is 21.7. The van der Waals surface area contributed by atoms with Crippen molar-refractivity contribution in [1.82, 2.24) is 0 Å². The van der Waals surface area contributed by atoms with Crippen LogP contribution in [-0.4, -0.2) is 37.0 Å². The molecule has 0 heterocycles. The van der Waals surface area contributed by atoms with Crippen LogP contribution in [0, 0.1) is 0 Å². The number of unbranched alkanes of at least 4 members (excludes halogenated alkanes) is 18. The fourth-order valence-corrected chi connectivity index (χ4v) is 5.10. The van der Waals surface area contributed by atoms with E-state index in [1.165, 1.54) is 103 Å². The first-order valence-corrected chi connectivity index (χ1v) is 18.7. The van der Waals surface area contributed by atoms with E-state index in [1.54, 1.807) is 0 Å². The third-order valence-electron chi connectivity index (χ3n) is 7.89. The lowest BCUT2D eigenvalue weighted by atomic mass is 10.1. The van der Waals surface area contributed by atoms with E-state index in [1.807, 2.05) is 0 Å². The molecule has 1 N–H and O–H groups in total. The third kappa shape index (κ3) is 34.8. The van der Waals surface area contributed by atoms with Gasteiger partial charge in [0.2, 0.25) is 0 Å². The molecule has 1 atom stereocenters. The number of esters is 1. The Labute approximate surface area is 273 Å². The van der Waals surface area contributed by atoms with Crippen molar-refractivity contribution in [1.29, 1.82) is 0 Å². The highest BCUT2D eigenvalue weighted by molar-refractivity contribution is 5.69. The highest BCUT2D eigenvalue weighted by Crippen LogP contribution is 2.12. The highest BCUT2D eigenvalue weighted by Gasteiger charge is 2.13. The van der Waals surface area contributed by atoms with Crippen LogP contribution in [0.1, 0.15) is 174 Å². The summed E-state index contributed by atoms with van der Waals surface area (Å²) < 4.78 is 11.1. The topological polar surface area (TPSA) is 55.8 Å². The molecule has 0 fully saturated rings. The van der Waals surface area contributed by atoms with Crippen LogP contribution >= 0.6 is 0 Å². The van der Waals surface area contributed by atoms with Crippen molar-refractivity contribution in [3.8, 4) is 0 Å². The zero-order valence-corrected chi connectivity index (χ0v) is 29.2. The monoisotopic (exact) mass is 617 g/mol. The standard InChI is InChI=1S/C40H72O4/c1-3-5-7-9-11-13-15-17-19-21-23-25-27-29-31-33-35-40(42)44-39(37-41)38-43-36-34-32-30-28-26-24-22-20-18-16-14-12-10-8-6-4-2/h6,8,12,14,18-21,39,41H,3-5,7,9-11,13,15-17,22-38H2,1-2H3/b8-6-,14-12-,20-18-,21-19-. The Kier molecular flexibility index (Phi) is 36.1. The molecule has 256 valence electrons. The lowest BCUT2D eigenvalue weighted by molar-refractivity contribution is -0.154. The molecule has 0 radical (unpaired) electrons. The van der Waals surface area contributed by atoms with E-state index in [9.17, 15) is 9.90 Å². The van der Waals surface area contributed by atoms with Crippen LogP contribution in [0.5, 0.6) is 0 Å². The molecule has 1 unspecified atom stereocenters. The van der Waals surface area contributed by atoms with Crippen LogP contribution in [0.25, 0.3) is 0 Å². The summed E-state index contributed by atoms with van der Waals surface area (Å²) in [7, 11) is 0. The second-order valence-corrected chi connectivity index (χ2v) is 12.3. The lowest BCUT2D eigenvalue weighted by Gasteiger charge is -2.15. The Bertz CT molecular complexity index is 693. The van der Waals surface area contributed by atoms with Gasteiger partial charge < -0.3 is 14.6 Å². The number of carbonyl (C=O) groups excluding carboxylic acids is 1. The largest absolute Gasteiger partial charge is 0.457 e. The van der Waals surface area contributed by atoms with Gasteiger partial charge in [-0.1, -0.05) is 146 Å². The summed E-state index contributed by atoms with van der Waals surface area (Å²) in [6.45, 7) is 5.19. The molecular formula is C40H72O4. The summed E-state index contributed by atoms with van der Waals surface area (Å²) in [6.07, 6.45) is 47.2. The van der Waals surface area contributed by atoms with Crippen LogP contribution in [0.15, 0.2) is 48.6 Å². The predicted molar refractivity (Wildman–Crippen MR) is 191 cm³/mol. The summed E-state index contributed by atoms with van der Waals surface area (Å²) in [4.78, 5) is 12.1. The summed E-state index contributed by atoms with van der Waals surface area (Å²) in [5.74, 6) is -0.216. The predicted octanol–water partition coefficient (Wildman–Crippen LogP) is 11.9. The first kappa shape index (κ1) is 42.3. The van der Waals surface area contributed by atoms with Gasteiger partial charge in [-0.3, -0.25) is 4.79 Å². The van der Waals surface area contributed by atoms with Crippen LogP contribution in [0.3, 0.4) is 0 Å². The smallest absolute Gasteiger partial charge is 0.306 e. The minimum Gasteiger partial charge on any atom is -0.457 e. The average Bonchev–Trinajstić information content (AvgIpc) is 3.03. The van der Waals surface area contributed by atoms with Gasteiger partial charge in [-0.25, -0.2) is 0 Å². The number of ether oxygens (including phenoxy) is 2. The summed E-state index contributed by atoms with van der Waals surface area (Å²) >= 11 is 0. The lowest BCUT2D eigenvalue weighted by Crippen LogP contribution is -2.27. The second-order valence-electron chi connectivity index (χ2n) is 12.3. The fourth-order valence-electron chi connectivity index (χ4n) is 5.10. The zero-order chi connectivity index (χ0) is 32.0. The molecule has 0 aliphatic rings. The van der Waals surface area contributed by atoms with Crippen LogP contribution in [-0.2, 0) is 14.3 Å². The molecule has 4 nitrogen and oxygen atoms in total. The molecule has 4 heteroatoms. The number of hydrogen-bond donors (Lipinski definition) is 1. The number of hydrogen-bond acceptors (Lipinski definition) is 4. The van der Waals surface area contributed by atoms with Gasteiger partial charge in [-0.05, 0) is 70.6 Å². The van der Waals surface area contributed by atoms with Crippen molar-refractivity contribution in [2.75, 3.05) is 19.8 Å². The van der Waals surface area contributed by atoms with Gasteiger partial charge in [-0.15, -0.1) is 0 Å². The Morgan fingerprint density at radius 2 is 1.02 bits per heavy atom. The van der Waals surface area contributed by atoms with Gasteiger partial charge in [0.05, 0.1) is 13.2 Å². The van der Waals surface area contributed by atoms with Crippen molar-refractivity contribution >= 4 is 5.97 Å². The molecule has 0 aromatic heterocycles. The molecule has 0 aliphatic heterocycles. The van der Waals surface area contributed by atoms with E-state index in [0.717, 1.165) is 51.4 Å². The number of rotatable bonds is 34. The van der Waals surface area contributed by atoms with Gasteiger partial charge in [0.1, 0.15) is 6.10 Å². The van der Waals surface area contributed by atoms with Crippen LogP contribution in [0.2, 0.25) is 0 Å². The van der Waals surface area contributed by atoms with E-state index in [2.05, 4.69) is 62.5 Å². The zero-order valence-electron chi connectivity index (χ0n) is 29.2. The molecule has 0 saturated heterocycles. The van der Waals surface area contributed by atoms with E-state index in [0.29, 0.717) is 13.0 Å². The maximum Gasteiger partial charge on any atom is 0.306 e. The quantitative estimate of drug-likeness (QED) is 0.0444. The van der Waals surface area contributed by atoms with Crippen molar-refractivity contribution in [2.45, 2.75) is 180 Å². The summed E-state index contributed by atoms with van der Waals surface area (Å²) in [5.41, 5.74) is 0. The molecule has 0 rings (SSSR count). The van der Waals surface area contributed by atoms with Crippen molar-refractivity contribution in [3.63, 3.8) is 0 Å². The maximum absolute atomic E-state index is 12.1. The molecule has 0 aromatic carbocycles. The van der Waals surface area contributed by atoms with E-state index in [-0.39, 0.29) is 19.2 Å². The minimum atomic E-state index is -0.545. The molecule has 0 spiro atoms. The molecule has 0 aromatic rings. The third-order valence-corrected chi connectivity index (χ3v) is 7.89. The molecule has 0 aliphatic carbocycles. The Hall–Kier alpha value is -1.65. The first-order valence-electron chi connectivity index (χ1n) is 18.7. The van der Waals surface area contributed by atoms with Crippen molar-refractivity contribution in [3.05, 3.63) is 48.6 Å². The van der Waals surface area contributed by atoms with Gasteiger partial charge in [0, 0.05) is 13.0 Å². The average molecular weight is 617 g/mol. The molecule has 0 saturated carbocycles. The normalized spacial score (nSPS) is 12.9. The van der Waals surface area contributed by atoms with Gasteiger partial charge in [0.15, 0.2) is 0 Å². The van der Waals surface area contributed by atoms with Crippen molar-refractivity contribution in [2.24, 2.45) is 0 Å². The summed E-state index contributed by atoms with van der Waals surface area (Å²) in [5, 5.41) is 9.56. The van der Waals surface area contributed by atoms with E-state index < -0.39 is 6.10 Å². The van der Waals surface area contributed by atoms with E-state index in [4.69, 9.17) is 9.47 Å². The molecule has 0 bridgehead atoms. The summed E-state index contributed by atoms with van der Waals surface area (Å²) in [6, 6.07) is 0. The number of aliphatic hydroxyl groups excluding tert-OH is 1. The number of carbonyl (C=O) groups is 1. The Morgan fingerprint density at radius 1 is 0.568 bits per heavy atom. The maximum atomic E-state index is 12.1. The second kappa shape index (κ2) is 37.5. The highest BCUT2D eigenvalue weighted by atomic mass is 16.6. The number of aliphatic hydroxyl groups is 1. The SMILES string of the molecule is CC/C=C\C/C=C\C/C=C\CCCCCCCCOCC(CO)OC(=O)CCCCCCC/C=C\CCCCCCCCC. The minimum absolute atomic E-state index is 0.181.